The molecule has 240 valence electrons. The van der Waals surface area contributed by atoms with Gasteiger partial charge in [-0.05, 0) is 47.1 Å². The summed E-state index contributed by atoms with van der Waals surface area (Å²) in [4.78, 5) is 25.3. The van der Waals surface area contributed by atoms with E-state index in [4.69, 9.17) is 14.6 Å². The number of carboxylic acid groups (broad SMARTS) is 1. The van der Waals surface area contributed by atoms with Gasteiger partial charge in [0, 0.05) is 51.0 Å². The van der Waals surface area contributed by atoms with Crippen molar-refractivity contribution in [1.29, 1.82) is 0 Å². The Kier molecular flexibility index (Phi) is 11.7. The van der Waals surface area contributed by atoms with Crippen LogP contribution in [0.4, 0.5) is 0 Å². The van der Waals surface area contributed by atoms with Gasteiger partial charge in [-0.25, -0.2) is 0 Å². The summed E-state index contributed by atoms with van der Waals surface area (Å²) in [5.41, 5.74) is 5.87. The minimum Gasteiger partial charge on any atom is -0.481 e. The first-order valence-electron chi connectivity index (χ1n) is 16.0. The van der Waals surface area contributed by atoms with Crippen LogP contribution in [0.1, 0.15) is 79.6 Å². The van der Waals surface area contributed by atoms with Gasteiger partial charge in [-0.15, -0.1) is 0 Å². The molecule has 0 spiro atoms. The third-order valence-corrected chi connectivity index (χ3v) is 8.61. The van der Waals surface area contributed by atoms with Gasteiger partial charge in [0.25, 0.3) is 0 Å². The lowest BCUT2D eigenvalue weighted by Crippen LogP contribution is -2.38. The topological polar surface area (TPSA) is 129 Å². The van der Waals surface area contributed by atoms with Gasteiger partial charge in [-0.1, -0.05) is 79.2 Å². The molecule has 3 aromatic rings. The predicted octanol–water partition coefficient (Wildman–Crippen LogP) is 5.11. The molecule has 0 bridgehead atoms. The highest BCUT2D eigenvalue weighted by Crippen LogP contribution is 2.39. The van der Waals surface area contributed by atoms with Crippen molar-refractivity contribution in [2.45, 2.75) is 82.7 Å². The Morgan fingerprint density at radius 3 is 2.33 bits per heavy atom. The maximum absolute atomic E-state index is 12.4. The average molecular weight is 617 g/mol. The summed E-state index contributed by atoms with van der Waals surface area (Å²) in [6, 6.07) is 24.0. The number of rotatable bonds is 14. The molecule has 0 aromatic heterocycles. The summed E-state index contributed by atoms with van der Waals surface area (Å²) < 4.78 is 13.0. The van der Waals surface area contributed by atoms with E-state index in [1.807, 2.05) is 60.7 Å². The fraction of sp³-hybridized carbons (Fsp3) is 0.444. The van der Waals surface area contributed by atoms with E-state index >= 15 is 0 Å². The molecule has 2 saturated heterocycles. The third kappa shape index (κ3) is 9.45. The molecule has 0 aliphatic carbocycles. The standard InChI is InChI=1S/C36H44N2O7/c39-24-25-10-12-27(13-11-25)33-20-31(23-38-19-18-30(40)22-38)44-36(45-33)28-16-14-26(15-17-28)32-7-5-4-6-29(32)21-37-34(41)8-2-1-3-9-35(42)43/h4-7,10-17,30-31,33,36,39-40H,1-3,8-9,18-24H2,(H,37,41)(H,42,43)/t30-,31+,33-,36-/m0/s1. The summed E-state index contributed by atoms with van der Waals surface area (Å²) in [6.45, 7) is 2.63. The lowest BCUT2D eigenvalue weighted by atomic mass is 9.97. The number of nitrogens with one attached hydrogen (secondary N) is 1. The highest BCUT2D eigenvalue weighted by molar-refractivity contribution is 5.76. The number of carbonyl (C=O) groups is 2. The zero-order valence-electron chi connectivity index (χ0n) is 25.6. The van der Waals surface area contributed by atoms with Crippen molar-refractivity contribution in [2.75, 3.05) is 19.6 Å². The lowest BCUT2D eigenvalue weighted by molar-refractivity contribution is -0.252. The van der Waals surface area contributed by atoms with E-state index in [2.05, 4.69) is 22.3 Å². The quantitative estimate of drug-likeness (QED) is 0.184. The van der Waals surface area contributed by atoms with E-state index in [9.17, 15) is 19.8 Å². The van der Waals surface area contributed by atoms with Crippen LogP contribution in [-0.2, 0) is 32.2 Å². The fourth-order valence-corrected chi connectivity index (χ4v) is 6.10. The molecule has 2 aliphatic rings. The predicted molar refractivity (Wildman–Crippen MR) is 170 cm³/mol. The number of hydrogen-bond donors (Lipinski definition) is 4. The number of β-amino-alcohol motifs (C(OH)–C–C–N with tert-alkyl or cyclic N) is 1. The Morgan fingerprint density at radius 1 is 0.889 bits per heavy atom. The minimum atomic E-state index is -0.805. The Labute approximate surface area is 264 Å². The number of likely N-dealkylation sites (tertiary alicyclic amines) is 1. The molecule has 4 atom stereocenters. The van der Waals surface area contributed by atoms with Crippen LogP contribution in [-0.4, -0.2) is 63.9 Å². The van der Waals surface area contributed by atoms with Gasteiger partial charge < -0.3 is 30.1 Å². The van der Waals surface area contributed by atoms with Gasteiger partial charge >= 0.3 is 5.97 Å². The summed E-state index contributed by atoms with van der Waals surface area (Å²) in [5.74, 6) is -0.846. The molecule has 0 radical (unpaired) electrons. The van der Waals surface area contributed by atoms with Crippen molar-refractivity contribution >= 4 is 11.9 Å². The molecule has 0 unspecified atom stereocenters. The highest BCUT2D eigenvalue weighted by atomic mass is 16.7. The van der Waals surface area contributed by atoms with Crippen LogP contribution < -0.4 is 5.32 Å². The normalized spacial score (nSPS) is 21.9. The second-order valence-corrected chi connectivity index (χ2v) is 12.1. The fourth-order valence-electron chi connectivity index (χ4n) is 6.10. The molecule has 5 rings (SSSR count). The van der Waals surface area contributed by atoms with Crippen molar-refractivity contribution in [3.05, 3.63) is 95.1 Å². The van der Waals surface area contributed by atoms with Gasteiger partial charge in [0.15, 0.2) is 6.29 Å². The van der Waals surface area contributed by atoms with E-state index in [1.54, 1.807) is 0 Å². The van der Waals surface area contributed by atoms with Crippen LogP contribution in [0.25, 0.3) is 11.1 Å². The third-order valence-electron chi connectivity index (χ3n) is 8.61. The molecule has 45 heavy (non-hydrogen) atoms. The van der Waals surface area contributed by atoms with Crippen LogP contribution in [0.3, 0.4) is 0 Å². The molecule has 2 aliphatic heterocycles. The molecule has 1 amide bonds. The molecule has 0 saturated carbocycles. The number of carbonyl (C=O) groups excluding carboxylic acids is 1. The molecule has 2 heterocycles. The number of hydrogen-bond acceptors (Lipinski definition) is 7. The van der Waals surface area contributed by atoms with Gasteiger partial charge in [-0.3, -0.25) is 14.5 Å². The smallest absolute Gasteiger partial charge is 0.303 e. The van der Waals surface area contributed by atoms with Crippen molar-refractivity contribution in [2.24, 2.45) is 0 Å². The number of aliphatic hydroxyl groups is 2. The summed E-state index contributed by atoms with van der Waals surface area (Å²) in [5, 5.41) is 31.3. The average Bonchev–Trinajstić information content (AvgIpc) is 3.47. The number of unbranched alkanes of at least 4 members (excludes halogenated alkanes) is 2. The van der Waals surface area contributed by atoms with Crippen LogP contribution in [0.15, 0.2) is 72.8 Å². The number of amides is 1. The Hall–Kier alpha value is -3.60. The van der Waals surface area contributed by atoms with Crippen molar-refractivity contribution in [3.63, 3.8) is 0 Å². The summed E-state index contributed by atoms with van der Waals surface area (Å²) in [7, 11) is 0. The maximum Gasteiger partial charge on any atom is 0.303 e. The first-order valence-corrected chi connectivity index (χ1v) is 16.0. The lowest BCUT2D eigenvalue weighted by Gasteiger charge is -2.38. The van der Waals surface area contributed by atoms with E-state index < -0.39 is 12.3 Å². The number of aliphatic carboxylic acids is 1. The molecular formula is C36H44N2O7. The van der Waals surface area contributed by atoms with Crippen LogP contribution in [0, 0.1) is 0 Å². The summed E-state index contributed by atoms with van der Waals surface area (Å²) in [6.07, 6.45) is 2.87. The molecule has 9 heteroatoms. The van der Waals surface area contributed by atoms with Crippen molar-refractivity contribution in [1.82, 2.24) is 10.2 Å². The minimum absolute atomic E-state index is 0.00448. The maximum atomic E-state index is 12.4. The Balaban J connectivity index is 1.24. The first kappa shape index (κ1) is 32.8. The van der Waals surface area contributed by atoms with Crippen LogP contribution in [0.5, 0.6) is 0 Å². The van der Waals surface area contributed by atoms with Gasteiger partial charge in [0.1, 0.15) is 0 Å². The largest absolute Gasteiger partial charge is 0.481 e. The van der Waals surface area contributed by atoms with Crippen LogP contribution in [0.2, 0.25) is 0 Å². The van der Waals surface area contributed by atoms with Crippen molar-refractivity contribution in [3.8, 4) is 11.1 Å². The monoisotopic (exact) mass is 616 g/mol. The number of nitrogens with zero attached hydrogens (tertiary/aromatic N) is 1. The zero-order valence-corrected chi connectivity index (χ0v) is 25.6. The molecule has 9 nitrogen and oxygen atoms in total. The van der Waals surface area contributed by atoms with E-state index in [-0.39, 0.29) is 37.2 Å². The molecule has 4 N–H and O–H groups in total. The van der Waals surface area contributed by atoms with E-state index in [1.165, 1.54) is 0 Å². The summed E-state index contributed by atoms with van der Waals surface area (Å²) >= 11 is 0. The number of aliphatic hydroxyl groups excluding tert-OH is 2. The zero-order chi connectivity index (χ0) is 31.6. The van der Waals surface area contributed by atoms with Gasteiger partial charge in [0.05, 0.1) is 24.9 Å². The number of ether oxygens (including phenoxy) is 2. The first-order chi connectivity index (χ1) is 21.9. The van der Waals surface area contributed by atoms with Gasteiger partial charge in [-0.2, -0.15) is 0 Å². The molecule has 2 fully saturated rings. The van der Waals surface area contributed by atoms with E-state index in [0.29, 0.717) is 38.8 Å². The molecular weight excluding hydrogens is 572 g/mol. The highest BCUT2D eigenvalue weighted by Gasteiger charge is 2.34. The van der Waals surface area contributed by atoms with Gasteiger partial charge in [0.2, 0.25) is 5.91 Å². The van der Waals surface area contributed by atoms with E-state index in [0.717, 1.165) is 59.3 Å². The second kappa shape index (κ2) is 16.1. The Bertz CT molecular complexity index is 1400. The van der Waals surface area contributed by atoms with Crippen LogP contribution >= 0.6 is 0 Å². The number of carboxylic acids is 1. The number of benzene rings is 3. The second-order valence-electron chi connectivity index (χ2n) is 12.1. The van der Waals surface area contributed by atoms with Crippen molar-refractivity contribution < 1.29 is 34.4 Å². The SMILES string of the molecule is O=C(O)CCCCCC(=O)NCc1ccccc1-c1ccc([C@H]2O[C@@H](CN3CC[C@H](O)C3)C[C@@H](c3ccc(CO)cc3)O2)cc1. The molecule has 3 aromatic carbocycles. The Morgan fingerprint density at radius 2 is 1.62 bits per heavy atom.